The Labute approximate surface area is 122 Å². The molecule has 0 radical (unpaired) electrons. The molecule has 0 spiro atoms. The van der Waals surface area contributed by atoms with Gasteiger partial charge in [0.05, 0.1) is 13.1 Å². The number of fused-ring (bicyclic) bond motifs is 1. The number of thioether (sulfide) groups is 1. The van der Waals surface area contributed by atoms with E-state index in [9.17, 15) is 0 Å². The van der Waals surface area contributed by atoms with Crippen LogP contribution in [-0.4, -0.2) is 18.0 Å². The second-order valence-electron chi connectivity index (χ2n) is 6.45. The Bertz CT molecular complexity index is 479. The summed E-state index contributed by atoms with van der Waals surface area (Å²) in [5.74, 6) is 0.592. The number of hydrogen-bond donors (Lipinski definition) is 0. The molecule has 1 aliphatic heterocycles. The van der Waals surface area contributed by atoms with Crippen molar-refractivity contribution in [3.05, 3.63) is 42.3 Å². The molecule has 19 heavy (non-hydrogen) atoms. The van der Waals surface area contributed by atoms with Gasteiger partial charge in [-0.2, -0.15) is 0 Å². The zero-order chi connectivity index (χ0) is 13.9. The SMILES string of the molecule is C/C=C/C1C=C(SC[Si](C)(C)C)n2cccc2CC1. The average molecular weight is 292 g/mol. The molecule has 0 fully saturated rings. The molecular formula is C16H25NSSi. The van der Waals surface area contributed by atoms with Crippen LogP contribution in [0.15, 0.2) is 36.6 Å². The number of hydrogen-bond acceptors (Lipinski definition) is 1. The van der Waals surface area contributed by atoms with Crippen LogP contribution in [0, 0.1) is 5.92 Å². The van der Waals surface area contributed by atoms with Gasteiger partial charge < -0.3 is 4.57 Å². The van der Waals surface area contributed by atoms with Gasteiger partial charge in [-0.15, -0.1) is 11.8 Å². The van der Waals surface area contributed by atoms with Gasteiger partial charge in [0.25, 0.3) is 0 Å². The highest BCUT2D eigenvalue weighted by Crippen LogP contribution is 2.32. The van der Waals surface area contributed by atoms with Gasteiger partial charge in [0.1, 0.15) is 0 Å². The monoisotopic (exact) mass is 291 g/mol. The minimum absolute atomic E-state index is 0.592. The average Bonchev–Trinajstić information content (AvgIpc) is 2.72. The highest BCUT2D eigenvalue weighted by Gasteiger charge is 2.19. The summed E-state index contributed by atoms with van der Waals surface area (Å²) in [7, 11) is -1.01. The van der Waals surface area contributed by atoms with Crippen LogP contribution in [0.3, 0.4) is 0 Å². The second kappa shape index (κ2) is 6.19. The van der Waals surface area contributed by atoms with Crippen molar-refractivity contribution in [3.8, 4) is 0 Å². The number of allylic oxidation sites excluding steroid dienone is 3. The van der Waals surface area contributed by atoms with Crippen LogP contribution < -0.4 is 0 Å². The van der Waals surface area contributed by atoms with E-state index in [-0.39, 0.29) is 0 Å². The Hall–Kier alpha value is -0.673. The highest BCUT2D eigenvalue weighted by molar-refractivity contribution is 8.09. The van der Waals surface area contributed by atoms with Crippen LogP contribution in [0.4, 0.5) is 0 Å². The summed E-state index contributed by atoms with van der Waals surface area (Å²) in [5, 5.41) is 2.72. The molecular weight excluding hydrogens is 266 g/mol. The van der Waals surface area contributed by atoms with E-state index in [4.69, 9.17) is 0 Å². The molecule has 1 aromatic heterocycles. The molecule has 1 atom stereocenters. The molecule has 0 aliphatic carbocycles. The largest absolute Gasteiger partial charge is 0.316 e. The van der Waals surface area contributed by atoms with E-state index in [2.05, 4.69) is 67.7 Å². The van der Waals surface area contributed by atoms with Gasteiger partial charge in [0, 0.05) is 11.9 Å². The topological polar surface area (TPSA) is 4.93 Å². The Morgan fingerprint density at radius 3 is 2.89 bits per heavy atom. The quantitative estimate of drug-likeness (QED) is 0.556. The molecule has 0 N–H and O–H groups in total. The molecule has 1 aromatic rings. The summed E-state index contributed by atoms with van der Waals surface area (Å²) < 4.78 is 2.40. The van der Waals surface area contributed by atoms with Crippen LogP contribution in [0.2, 0.25) is 19.6 Å². The molecule has 0 saturated carbocycles. The molecule has 0 saturated heterocycles. The summed E-state index contributed by atoms with van der Waals surface area (Å²) in [5.41, 5.74) is 1.46. The summed E-state index contributed by atoms with van der Waals surface area (Å²) in [6.45, 7) is 9.44. The van der Waals surface area contributed by atoms with Crippen molar-refractivity contribution in [2.75, 3.05) is 5.38 Å². The maximum absolute atomic E-state index is 2.46. The first-order valence-electron chi connectivity index (χ1n) is 7.13. The van der Waals surface area contributed by atoms with Gasteiger partial charge >= 0.3 is 0 Å². The Kier molecular flexibility index (Phi) is 4.80. The van der Waals surface area contributed by atoms with Crippen molar-refractivity contribution < 1.29 is 0 Å². The maximum Gasteiger partial charge on any atom is 0.0753 e. The fourth-order valence-electron chi connectivity index (χ4n) is 2.30. The lowest BCUT2D eigenvalue weighted by atomic mass is 10.0. The third kappa shape index (κ3) is 4.15. The third-order valence-electron chi connectivity index (χ3n) is 3.25. The molecule has 0 aromatic carbocycles. The second-order valence-corrected chi connectivity index (χ2v) is 13.4. The highest BCUT2D eigenvalue weighted by atomic mass is 32.2. The van der Waals surface area contributed by atoms with Crippen molar-refractivity contribution in [2.45, 2.75) is 39.4 Å². The Balaban J connectivity index is 2.23. The Morgan fingerprint density at radius 2 is 2.21 bits per heavy atom. The Morgan fingerprint density at radius 1 is 1.42 bits per heavy atom. The van der Waals surface area contributed by atoms with Crippen LogP contribution in [0.1, 0.15) is 19.0 Å². The van der Waals surface area contributed by atoms with Crippen molar-refractivity contribution in [3.63, 3.8) is 0 Å². The van der Waals surface area contributed by atoms with Gasteiger partial charge in [-0.05, 0) is 49.3 Å². The number of nitrogens with zero attached hydrogens (tertiary/aromatic N) is 1. The maximum atomic E-state index is 2.46. The lowest BCUT2D eigenvalue weighted by molar-refractivity contribution is 0.708. The lowest BCUT2D eigenvalue weighted by Crippen LogP contribution is -2.24. The van der Waals surface area contributed by atoms with Gasteiger partial charge in [0.2, 0.25) is 0 Å². The standard InChI is InChI=1S/C16H25NSSi/c1-5-7-14-9-10-15-8-6-11-17(15)16(12-14)18-13-19(2,3)4/h5-8,11-12,14H,9-10,13H2,1-4H3/b7-5+. The van der Waals surface area contributed by atoms with Gasteiger partial charge in [-0.25, -0.2) is 0 Å². The van der Waals surface area contributed by atoms with E-state index in [1.165, 1.54) is 28.9 Å². The first-order chi connectivity index (χ1) is 8.99. The van der Waals surface area contributed by atoms with Crippen LogP contribution in [0.25, 0.3) is 5.03 Å². The van der Waals surface area contributed by atoms with Gasteiger partial charge in [-0.1, -0.05) is 31.8 Å². The fourth-order valence-corrected chi connectivity index (χ4v) is 5.22. The smallest absolute Gasteiger partial charge is 0.0753 e. The fraction of sp³-hybridized carbons (Fsp3) is 0.500. The molecule has 104 valence electrons. The third-order valence-corrected chi connectivity index (χ3v) is 7.92. The van der Waals surface area contributed by atoms with E-state index in [0.717, 1.165) is 0 Å². The minimum Gasteiger partial charge on any atom is -0.316 e. The van der Waals surface area contributed by atoms with E-state index >= 15 is 0 Å². The summed E-state index contributed by atoms with van der Waals surface area (Å²) >= 11 is 2.05. The van der Waals surface area contributed by atoms with Crippen molar-refractivity contribution in [1.82, 2.24) is 4.57 Å². The summed E-state index contributed by atoms with van der Waals surface area (Å²) in [6.07, 6.45) is 11.6. The van der Waals surface area contributed by atoms with Gasteiger partial charge in [0.15, 0.2) is 0 Å². The van der Waals surface area contributed by atoms with Gasteiger partial charge in [-0.3, -0.25) is 0 Å². The molecule has 1 unspecified atom stereocenters. The predicted molar refractivity (Wildman–Crippen MR) is 91.1 cm³/mol. The van der Waals surface area contributed by atoms with E-state index in [0.29, 0.717) is 5.92 Å². The lowest BCUT2D eigenvalue weighted by Gasteiger charge is -2.18. The summed E-state index contributed by atoms with van der Waals surface area (Å²) in [4.78, 5) is 0. The van der Waals surface area contributed by atoms with Crippen LogP contribution in [-0.2, 0) is 6.42 Å². The molecule has 3 heteroatoms. The van der Waals surface area contributed by atoms with Crippen molar-refractivity contribution >= 4 is 24.9 Å². The van der Waals surface area contributed by atoms with E-state index in [1.807, 2.05) is 11.8 Å². The van der Waals surface area contributed by atoms with Crippen LogP contribution in [0.5, 0.6) is 0 Å². The molecule has 1 aliphatic rings. The molecule has 0 amide bonds. The van der Waals surface area contributed by atoms with Crippen molar-refractivity contribution in [1.29, 1.82) is 0 Å². The normalized spacial score (nSPS) is 20.2. The predicted octanol–water partition coefficient (Wildman–Crippen LogP) is 5.04. The first kappa shape index (κ1) is 14.7. The van der Waals surface area contributed by atoms with Crippen LogP contribution >= 0.6 is 11.8 Å². The summed E-state index contributed by atoms with van der Waals surface area (Å²) in [6, 6.07) is 4.44. The molecule has 0 bridgehead atoms. The van der Waals surface area contributed by atoms with E-state index in [1.54, 1.807) is 0 Å². The molecule has 2 heterocycles. The minimum atomic E-state index is -1.01. The molecule has 2 rings (SSSR count). The first-order valence-corrected chi connectivity index (χ1v) is 11.8. The number of aromatic nitrogens is 1. The zero-order valence-corrected chi connectivity index (χ0v) is 14.3. The number of aryl methyl sites for hydroxylation is 1. The van der Waals surface area contributed by atoms with Crippen molar-refractivity contribution in [2.24, 2.45) is 5.92 Å². The molecule has 1 nitrogen and oxygen atoms in total. The van der Waals surface area contributed by atoms with E-state index < -0.39 is 8.07 Å². The number of rotatable bonds is 4. The zero-order valence-electron chi connectivity index (χ0n) is 12.5.